The van der Waals surface area contributed by atoms with E-state index in [1.54, 1.807) is 4.90 Å². The Kier molecular flexibility index (Phi) is 6.21. The largest absolute Gasteiger partial charge is 0.315 e. The van der Waals surface area contributed by atoms with Crippen LogP contribution in [0.2, 0.25) is 0 Å². The Balaban J connectivity index is 1.97. The van der Waals surface area contributed by atoms with Crippen molar-refractivity contribution in [1.29, 1.82) is 0 Å². The van der Waals surface area contributed by atoms with Gasteiger partial charge in [-0.25, -0.2) is 0 Å². The second-order valence-electron chi connectivity index (χ2n) is 5.76. The van der Waals surface area contributed by atoms with Gasteiger partial charge in [0.1, 0.15) is 0 Å². The summed E-state index contributed by atoms with van der Waals surface area (Å²) in [4.78, 5) is 16.6. The summed E-state index contributed by atoms with van der Waals surface area (Å²) >= 11 is 0. The highest BCUT2D eigenvalue weighted by Gasteiger charge is 2.23. The van der Waals surface area contributed by atoms with Gasteiger partial charge in [-0.3, -0.25) is 9.69 Å². The Morgan fingerprint density at radius 1 is 1.33 bits per heavy atom. The van der Waals surface area contributed by atoms with Crippen molar-refractivity contribution in [2.45, 2.75) is 32.2 Å². The first kappa shape index (κ1) is 16.0. The number of amides is 1. The Labute approximate surface area is 128 Å². The summed E-state index contributed by atoms with van der Waals surface area (Å²) in [7, 11) is 1.86. The average Bonchev–Trinajstić information content (AvgIpc) is 2.55. The van der Waals surface area contributed by atoms with E-state index < -0.39 is 0 Å². The van der Waals surface area contributed by atoms with Crippen LogP contribution in [0.4, 0.5) is 5.69 Å². The average molecular weight is 289 g/mol. The molecule has 0 aliphatic carbocycles. The smallest absolute Gasteiger partial charge is 0.240 e. The third-order valence-electron chi connectivity index (χ3n) is 4.15. The van der Waals surface area contributed by atoms with Crippen LogP contribution in [0.3, 0.4) is 0 Å². The van der Waals surface area contributed by atoms with Gasteiger partial charge in [0.05, 0.1) is 6.54 Å². The van der Waals surface area contributed by atoms with Gasteiger partial charge in [-0.1, -0.05) is 25.1 Å². The van der Waals surface area contributed by atoms with E-state index in [-0.39, 0.29) is 5.91 Å². The molecule has 0 radical (unpaired) electrons. The molecule has 2 rings (SSSR count). The van der Waals surface area contributed by atoms with E-state index in [2.05, 4.69) is 17.1 Å². The second kappa shape index (κ2) is 8.15. The van der Waals surface area contributed by atoms with Gasteiger partial charge in [-0.15, -0.1) is 0 Å². The number of likely N-dealkylation sites (N-methyl/N-ethyl adjacent to an activating group) is 1. The van der Waals surface area contributed by atoms with Crippen LogP contribution in [0.1, 0.15) is 26.2 Å². The normalized spacial score (nSPS) is 18.7. The Bertz CT molecular complexity index is 429. The maximum absolute atomic E-state index is 12.5. The van der Waals surface area contributed by atoms with E-state index in [0.717, 1.165) is 31.7 Å². The summed E-state index contributed by atoms with van der Waals surface area (Å²) in [5.74, 6) is 0.167. The van der Waals surface area contributed by atoms with Crippen molar-refractivity contribution in [3.8, 4) is 0 Å². The number of nitrogens with one attached hydrogen (secondary N) is 1. The maximum Gasteiger partial charge on any atom is 0.240 e. The number of anilines is 1. The molecule has 1 aliphatic rings. The molecule has 1 fully saturated rings. The zero-order valence-electron chi connectivity index (χ0n) is 13.2. The lowest BCUT2D eigenvalue weighted by Gasteiger charge is -2.35. The third-order valence-corrected chi connectivity index (χ3v) is 4.15. The summed E-state index contributed by atoms with van der Waals surface area (Å²) in [5, 5.41) is 3.44. The van der Waals surface area contributed by atoms with Gasteiger partial charge in [0.25, 0.3) is 0 Å². The van der Waals surface area contributed by atoms with Crippen LogP contribution in [0.15, 0.2) is 30.3 Å². The molecule has 1 amide bonds. The van der Waals surface area contributed by atoms with Crippen molar-refractivity contribution in [3.05, 3.63) is 30.3 Å². The number of carbonyl (C=O) groups excluding carboxylic acids is 1. The second-order valence-corrected chi connectivity index (χ2v) is 5.76. The highest BCUT2D eigenvalue weighted by atomic mass is 16.2. The van der Waals surface area contributed by atoms with Crippen LogP contribution in [-0.2, 0) is 4.79 Å². The van der Waals surface area contributed by atoms with Crippen molar-refractivity contribution < 1.29 is 4.79 Å². The number of rotatable bonds is 6. The zero-order valence-corrected chi connectivity index (χ0v) is 13.2. The lowest BCUT2D eigenvalue weighted by atomic mass is 10.1. The number of para-hydroxylation sites is 1. The number of nitrogens with zero attached hydrogens (tertiary/aromatic N) is 2. The Morgan fingerprint density at radius 2 is 2.10 bits per heavy atom. The van der Waals surface area contributed by atoms with Crippen LogP contribution in [0, 0.1) is 0 Å². The Morgan fingerprint density at radius 3 is 2.71 bits per heavy atom. The minimum atomic E-state index is 0.167. The maximum atomic E-state index is 12.5. The van der Waals surface area contributed by atoms with Gasteiger partial charge in [0.2, 0.25) is 5.91 Å². The minimum absolute atomic E-state index is 0.167. The molecule has 1 heterocycles. The summed E-state index contributed by atoms with van der Waals surface area (Å²) in [6, 6.07) is 10.3. The molecule has 1 unspecified atom stereocenters. The van der Waals surface area contributed by atoms with E-state index in [4.69, 9.17) is 0 Å². The fourth-order valence-corrected chi connectivity index (χ4v) is 2.90. The first-order chi connectivity index (χ1) is 10.2. The van der Waals surface area contributed by atoms with Gasteiger partial charge in [0, 0.05) is 25.3 Å². The van der Waals surface area contributed by atoms with Crippen molar-refractivity contribution in [2.75, 3.05) is 38.1 Å². The minimum Gasteiger partial charge on any atom is -0.315 e. The van der Waals surface area contributed by atoms with Crippen LogP contribution in [0.5, 0.6) is 0 Å². The number of hydrogen-bond donors (Lipinski definition) is 1. The molecule has 116 valence electrons. The van der Waals surface area contributed by atoms with E-state index in [1.165, 1.54) is 12.8 Å². The molecule has 0 saturated carbocycles. The quantitative estimate of drug-likeness (QED) is 0.871. The van der Waals surface area contributed by atoms with Gasteiger partial charge in [-0.2, -0.15) is 0 Å². The molecule has 1 atom stereocenters. The summed E-state index contributed by atoms with van der Waals surface area (Å²) in [6.07, 6.45) is 3.47. The first-order valence-electron chi connectivity index (χ1n) is 7.98. The first-order valence-corrected chi connectivity index (χ1v) is 7.98. The highest BCUT2D eigenvalue weighted by Crippen LogP contribution is 2.14. The summed E-state index contributed by atoms with van der Waals surface area (Å²) < 4.78 is 0. The topological polar surface area (TPSA) is 35.6 Å². The molecule has 1 aromatic carbocycles. The predicted molar refractivity (Wildman–Crippen MR) is 87.6 cm³/mol. The monoisotopic (exact) mass is 289 g/mol. The third kappa shape index (κ3) is 4.55. The highest BCUT2D eigenvalue weighted by molar-refractivity contribution is 5.94. The molecule has 21 heavy (non-hydrogen) atoms. The number of benzene rings is 1. The van der Waals surface area contributed by atoms with Gasteiger partial charge in [0.15, 0.2) is 0 Å². The lowest BCUT2D eigenvalue weighted by molar-refractivity contribution is -0.120. The lowest BCUT2D eigenvalue weighted by Crippen LogP contribution is -2.50. The molecule has 0 spiro atoms. The van der Waals surface area contributed by atoms with E-state index in [9.17, 15) is 4.79 Å². The van der Waals surface area contributed by atoms with E-state index in [0.29, 0.717) is 12.6 Å². The van der Waals surface area contributed by atoms with Crippen molar-refractivity contribution in [1.82, 2.24) is 10.2 Å². The predicted octanol–water partition coefficient (Wildman–Crippen LogP) is 2.11. The number of carbonyl (C=O) groups is 1. The summed E-state index contributed by atoms with van der Waals surface area (Å²) in [6.45, 7) is 5.78. The van der Waals surface area contributed by atoms with Gasteiger partial charge >= 0.3 is 0 Å². The molecular formula is C17H27N3O. The van der Waals surface area contributed by atoms with Crippen LogP contribution in [0.25, 0.3) is 0 Å². The fraction of sp³-hybridized carbons (Fsp3) is 0.588. The van der Waals surface area contributed by atoms with Gasteiger partial charge in [-0.05, 0) is 44.5 Å². The van der Waals surface area contributed by atoms with Crippen LogP contribution < -0.4 is 10.2 Å². The molecule has 1 aliphatic heterocycles. The van der Waals surface area contributed by atoms with Crippen LogP contribution in [-0.4, -0.2) is 50.1 Å². The molecule has 1 aromatic rings. The molecule has 4 heteroatoms. The molecule has 1 saturated heterocycles. The Hall–Kier alpha value is -1.39. The van der Waals surface area contributed by atoms with Crippen molar-refractivity contribution in [2.24, 2.45) is 0 Å². The van der Waals surface area contributed by atoms with Crippen molar-refractivity contribution in [3.63, 3.8) is 0 Å². The molecule has 0 aromatic heterocycles. The molecule has 4 nitrogen and oxygen atoms in total. The number of piperidine rings is 1. The molecular weight excluding hydrogens is 262 g/mol. The number of hydrogen-bond acceptors (Lipinski definition) is 3. The van der Waals surface area contributed by atoms with Crippen molar-refractivity contribution >= 4 is 11.6 Å². The summed E-state index contributed by atoms with van der Waals surface area (Å²) in [5.41, 5.74) is 0.959. The standard InChI is InChI=1S/C17H27N3O/c1-3-12-20(16-10-7-11-18-13-16)14-17(21)19(2)15-8-5-4-6-9-15/h4-6,8-9,16,18H,3,7,10-14H2,1-2H3. The van der Waals surface area contributed by atoms with E-state index >= 15 is 0 Å². The van der Waals surface area contributed by atoms with E-state index in [1.807, 2.05) is 37.4 Å². The SMILES string of the molecule is CCCN(CC(=O)N(C)c1ccccc1)C1CCCNC1. The molecule has 1 N–H and O–H groups in total. The molecule has 0 bridgehead atoms. The zero-order chi connectivity index (χ0) is 15.1. The fourth-order valence-electron chi connectivity index (χ4n) is 2.90. The van der Waals surface area contributed by atoms with Gasteiger partial charge < -0.3 is 10.2 Å². The van der Waals surface area contributed by atoms with Crippen LogP contribution >= 0.6 is 0 Å².